The molecule has 19 heteroatoms. The summed E-state index contributed by atoms with van der Waals surface area (Å²) in [6.45, 7) is 14.2. The first-order valence-electron chi connectivity index (χ1n) is 39.7. The lowest BCUT2D eigenvalue weighted by Crippen LogP contribution is -2.30. The lowest BCUT2D eigenvalue weighted by Gasteiger charge is -2.21. The number of hydrogen-bond donors (Lipinski definition) is 3. The van der Waals surface area contributed by atoms with E-state index >= 15 is 0 Å². The summed E-state index contributed by atoms with van der Waals surface area (Å²) in [6, 6.07) is 0. The molecule has 0 aromatic heterocycles. The second-order valence-electron chi connectivity index (χ2n) is 29.4. The summed E-state index contributed by atoms with van der Waals surface area (Å²) in [5, 5.41) is 10.6. The van der Waals surface area contributed by atoms with Crippen LogP contribution in [0.25, 0.3) is 0 Å². The minimum Gasteiger partial charge on any atom is -0.462 e. The van der Waals surface area contributed by atoms with Crippen LogP contribution in [0.1, 0.15) is 389 Å². The maximum atomic E-state index is 13.1. The predicted molar refractivity (Wildman–Crippen MR) is 391 cm³/mol. The number of phosphoric ester groups is 2. The third kappa shape index (κ3) is 69.2. The highest BCUT2D eigenvalue weighted by Gasteiger charge is 2.30. The molecule has 0 aliphatic rings. The fourth-order valence-corrected chi connectivity index (χ4v) is 13.3. The molecule has 0 aliphatic carbocycles. The standard InChI is InChI=1S/C77H150O17P2/c1-9-70(8)56-48-40-35-36-42-50-58-75(80)88-64-73(94-77(82)60-52-44-34-28-22-21-25-31-39-47-55-69(6)7)66-92-96(85,86)90-62-71(78)61-89-95(83,84)91-65-72(63-87-74(79)57-49-41-32-26-19-16-12-14-18-24-30-38-46-54-68(4)5)93-76(81)59-51-43-33-27-20-15-11-10-13-17-23-29-37-45-53-67(2)3/h67-73,78H,9-66H2,1-8H3,(H,83,84)(H,85,86)/t70?,71-,72-,73-/m1/s1. The normalized spacial score (nSPS) is 14.4. The summed E-state index contributed by atoms with van der Waals surface area (Å²) in [5.41, 5.74) is 0. The second-order valence-corrected chi connectivity index (χ2v) is 32.3. The zero-order valence-electron chi connectivity index (χ0n) is 63.0. The molecule has 570 valence electrons. The number of esters is 4. The molecule has 6 atom stereocenters. The zero-order valence-corrected chi connectivity index (χ0v) is 64.8. The van der Waals surface area contributed by atoms with Crippen molar-refractivity contribution in [3.8, 4) is 0 Å². The largest absolute Gasteiger partial charge is 0.472 e. The Balaban J connectivity index is 5.26. The average Bonchev–Trinajstić information content (AvgIpc) is 1.36. The molecule has 0 aromatic rings. The minimum absolute atomic E-state index is 0.105. The van der Waals surface area contributed by atoms with Gasteiger partial charge in [0.05, 0.1) is 26.4 Å². The Labute approximate surface area is 588 Å². The maximum absolute atomic E-state index is 13.1. The number of aliphatic hydroxyl groups is 1. The van der Waals surface area contributed by atoms with E-state index in [-0.39, 0.29) is 25.7 Å². The van der Waals surface area contributed by atoms with Crippen LogP contribution >= 0.6 is 15.6 Å². The Bertz CT molecular complexity index is 1890. The van der Waals surface area contributed by atoms with Gasteiger partial charge in [-0.3, -0.25) is 37.3 Å². The van der Waals surface area contributed by atoms with Crippen LogP contribution in [0.2, 0.25) is 0 Å². The molecule has 0 spiro atoms. The third-order valence-electron chi connectivity index (χ3n) is 18.2. The summed E-state index contributed by atoms with van der Waals surface area (Å²) in [4.78, 5) is 72.9. The zero-order chi connectivity index (χ0) is 71.0. The van der Waals surface area contributed by atoms with Crippen molar-refractivity contribution < 1.29 is 80.2 Å². The Morgan fingerprint density at radius 2 is 0.500 bits per heavy atom. The summed E-state index contributed by atoms with van der Waals surface area (Å²) >= 11 is 0. The average molecular weight is 1410 g/mol. The SMILES string of the molecule is CCC(C)CCCCCCCCC(=O)OC[C@H](COP(=O)(O)OC[C@H](O)COP(=O)(O)OC[C@@H](COC(=O)CCCCCCCCCCCCCCCC(C)C)OC(=O)CCCCCCCCCCCCCCCCC(C)C)OC(=O)CCCCCCCCCCCCC(C)C. The molecule has 0 aromatic carbocycles. The van der Waals surface area contributed by atoms with Crippen LogP contribution in [0.5, 0.6) is 0 Å². The number of carbonyl (C=O) groups is 4. The summed E-state index contributed by atoms with van der Waals surface area (Å²) < 4.78 is 68.6. The van der Waals surface area contributed by atoms with Gasteiger partial charge in [-0.05, 0) is 49.4 Å². The van der Waals surface area contributed by atoms with Crippen molar-refractivity contribution in [2.45, 2.75) is 408 Å². The van der Waals surface area contributed by atoms with Gasteiger partial charge < -0.3 is 33.8 Å². The molecule has 3 N–H and O–H groups in total. The van der Waals surface area contributed by atoms with Crippen molar-refractivity contribution in [3.63, 3.8) is 0 Å². The highest BCUT2D eigenvalue weighted by atomic mass is 31.2. The monoisotopic (exact) mass is 1410 g/mol. The van der Waals surface area contributed by atoms with Crippen LogP contribution in [-0.2, 0) is 65.4 Å². The first-order chi connectivity index (χ1) is 46.1. The van der Waals surface area contributed by atoms with E-state index in [9.17, 15) is 43.2 Å². The molecule has 0 bridgehead atoms. The molecular weight excluding hydrogens is 1260 g/mol. The van der Waals surface area contributed by atoms with Crippen molar-refractivity contribution >= 4 is 39.5 Å². The van der Waals surface area contributed by atoms with Gasteiger partial charge >= 0.3 is 39.5 Å². The topological polar surface area (TPSA) is 237 Å². The third-order valence-corrected chi connectivity index (χ3v) is 20.1. The van der Waals surface area contributed by atoms with Gasteiger partial charge in [0, 0.05) is 25.7 Å². The summed E-state index contributed by atoms with van der Waals surface area (Å²) in [6.07, 6.45) is 51.3. The fraction of sp³-hybridized carbons (Fsp3) is 0.948. The Morgan fingerprint density at radius 1 is 0.292 bits per heavy atom. The van der Waals surface area contributed by atoms with Gasteiger partial charge in [0.1, 0.15) is 19.3 Å². The first kappa shape index (κ1) is 94.1. The van der Waals surface area contributed by atoms with Crippen LogP contribution in [-0.4, -0.2) is 96.7 Å². The van der Waals surface area contributed by atoms with E-state index in [0.717, 1.165) is 120 Å². The van der Waals surface area contributed by atoms with Crippen LogP contribution in [0.3, 0.4) is 0 Å². The maximum Gasteiger partial charge on any atom is 0.472 e. The number of phosphoric acid groups is 2. The van der Waals surface area contributed by atoms with Crippen LogP contribution in [0, 0.1) is 23.7 Å². The Kier molecular flexibility index (Phi) is 65.0. The molecule has 0 saturated carbocycles. The fourth-order valence-electron chi connectivity index (χ4n) is 11.7. The number of ether oxygens (including phenoxy) is 4. The van der Waals surface area contributed by atoms with Crippen LogP contribution < -0.4 is 0 Å². The molecule has 0 heterocycles. The second kappa shape index (κ2) is 66.3. The van der Waals surface area contributed by atoms with Crippen molar-refractivity contribution in [3.05, 3.63) is 0 Å². The van der Waals surface area contributed by atoms with E-state index < -0.39 is 97.5 Å². The van der Waals surface area contributed by atoms with E-state index in [2.05, 4.69) is 55.4 Å². The van der Waals surface area contributed by atoms with E-state index in [0.29, 0.717) is 25.7 Å². The van der Waals surface area contributed by atoms with Gasteiger partial charge in [0.15, 0.2) is 12.2 Å². The highest BCUT2D eigenvalue weighted by Crippen LogP contribution is 2.45. The van der Waals surface area contributed by atoms with Gasteiger partial charge in [0.25, 0.3) is 0 Å². The highest BCUT2D eigenvalue weighted by molar-refractivity contribution is 7.47. The number of rotatable bonds is 74. The van der Waals surface area contributed by atoms with Gasteiger partial charge in [-0.15, -0.1) is 0 Å². The van der Waals surface area contributed by atoms with Gasteiger partial charge in [0.2, 0.25) is 0 Å². The Morgan fingerprint density at radius 3 is 0.740 bits per heavy atom. The molecule has 0 fully saturated rings. The molecule has 0 amide bonds. The van der Waals surface area contributed by atoms with E-state index in [1.54, 1.807) is 0 Å². The predicted octanol–water partition coefficient (Wildman–Crippen LogP) is 22.4. The van der Waals surface area contributed by atoms with Crippen molar-refractivity contribution in [2.75, 3.05) is 39.6 Å². The van der Waals surface area contributed by atoms with Crippen molar-refractivity contribution in [2.24, 2.45) is 23.7 Å². The minimum atomic E-state index is -4.96. The molecule has 0 saturated heterocycles. The molecule has 17 nitrogen and oxygen atoms in total. The van der Waals surface area contributed by atoms with Gasteiger partial charge in [-0.1, -0.05) is 338 Å². The number of aliphatic hydroxyl groups excluding tert-OH is 1. The summed E-state index contributed by atoms with van der Waals surface area (Å²) in [5.74, 6) is 0.949. The Hall–Kier alpha value is -1.94. The first-order valence-corrected chi connectivity index (χ1v) is 42.7. The molecule has 0 radical (unpaired) electrons. The molecule has 0 aliphatic heterocycles. The number of hydrogen-bond acceptors (Lipinski definition) is 15. The van der Waals surface area contributed by atoms with E-state index in [4.69, 9.17) is 37.0 Å². The number of carbonyl (C=O) groups excluding carboxylic acids is 4. The van der Waals surface area contributed by atoms with E-state index in [1.165, 1.54) is 186 Å². The van der Waals surface area contributed by atoms with Gasteiger partial charge in [-0.25, -0.2) is 9.13 Å². The lowest BCUT2D eigenvalue weighted by molar-refractivity contribution is -0.161. The van der Waals surface area contributed by atoms with Gasteiger partial charge in [-0.2, -0.15) is 0 Å². The smallest absolute Gasteiger partial charge is 0.462 e. The molecule has 3 unspecified atom stereocenters. The summed E-state index contributed by atoms with van der Waals surface area (Å²) in [7, 11) is -9.92. The van der Waals surface area contributed by atoms with E-state index in [1.807, 2.05) is 0 Å². The van der Waals surface area contributed by atoms with Crippen molar-refractivity contribution in [1.29, 1.82) is 0 Å². The lowest BCUT2D eigenvalue weighted by atomic mass is 10.00. The number of unbranched alkanes of at least 4 members (excludes halogenated alkanes) is 39. The van der Waals surface area contributed by atoms with Crippen LogP contribution in [0.15, 0.2) is 0 Å². The van der Waals surface area contributed by atoms with Crippen molar-refractivity contribution in [1.82, 2.24) is 0 Å². The quantitative estimate of drug-likeness (QED) is 0.0222. The van der Waals surface area contributed by atoms with Crippen LogP contribution in [0.4, 0.5) is 0 Å². The molecule has 96 heavy (non-hydrogen) atoms. The molecule has 0 rings (SSSR count). The molecular formula is C77H150O17P2.